The van der Waals surface area contributed by atoms with E-state index in [0.29, 0.717) is 0 Å². The molecule has 0 unspecified atom stereocenters. The van der Waals surface area contributed by atoms with Gasteiger partial charge < -0.3 is 30.6 Å². The fourth-order valence-electron chi connectivity index (χ4n) is 12.5. The van der Waals surface area contributed by atoms with Crippen LogP contribution in [0.5, 0.6) is 34.5 Å². The minimum Gasteiger partial charge on any atom is -0.507 e. The van der Waals surface area contributed by atoms with Gasteiger partial charge in [0.25, 0.3) is 34.1 Å². The van der Waals surface area contributed by atoms with Crippen LogP contribution in [0.2, 0.25) is 0 Å². The van der Waals surface area contributed by atoms with Crippen LogP contribution in [0.1, 0.15) is 66.8 Å². The number of azo groups is 6. The van der Waals surface area contributed by atoms with E-state index in [0.717, 1.165) is 0 Å². The molecule has 36 nitrogen and oxygen atoms in total. The molecule has 6 N–H and O–H groups in total. The van der Waals surface area contributed by atoms with E-state index in [1.807, 2.05) is 0 Å². The smallest absolute Gasteiger partial charge is 0.296 e. The largest absolute Gasteiger partial charge is 0.507 e. The third-order valence-electron chi connectivity index (χ3n) is 17.9. The number of aromatic hydroxyl groups is 6. The maximum atomic E-state index is 12.8. The zero-order valence-electron chi connectivity index (χ0n) is 58.7. The molecule has 36 heteroatoms. The molecule has 12 bridgehead atoms. The van der Waals surface area contributed by atoms with Crippen LogP contribution in [0.4, 0.5) is 102 Å². The second-order valence-electron chi connectivity index (χ2n) is 25.4. The molecule has 12 aromatic carbocycles. The first-order chi connectivity index (χ1) is 54.9. The molecular formula is C78H54N18O18. The molecule has 114 heavy (non-hydrogen) atoms. The minimum absolute atomic E-state index is 0.0609. The normalized spacial score (nSPS) is 12.4. The molecule has 0 spiro atoms. The van der Waals surface area contributed by atoms with Crippen molar-refractivity contribution in [2.45, 2.75) is 38.5 Å². The molecule has 0 amide bonds. The predicted molar refractivity (Wildman–Crippen MR) is 409 cm³/mol. The highest BCUT2D eigenvalue weighted by Gasteiger charge is 2.27. The lowest BCUT2D eigenvalue weighted by atomic mass is 9.90. The van der Waals surface area contributed by atoms with Gasteiger partial charge in [0.15, 0.2) is 34.1 Å². The second-order valence-corrected chi connectivity index (χ2v) is 25.4. The van der Waals surface area contributed by atoms with Gasteiger partial charge in [-0.05, 0) is 109 Å². The summed E-state index contributed by atoms with van der Waals surface area (Å²) in [6.07, 6.45) is -2.98. The van der Waals surface area contributed by atoms with Crippen LogP contribution >= 0.6 is 0 Å². The fraction of sp³-hybridized carbons (Fsp3) is 0.0769. The lowest BCUT2D eigenvalue weighted by molar-refractivity contribution is -0.384. The summed E-state index contributed by atoms with van der Waals surface area (Å²) in [7, 11) is 0. The van der Waals surface area contributed by atoms with Crippen LogP contribution < -0.4 is 0 Å². The van der Waals surface area contributed by atoms with Gasteiger partial charge in [0.05, 0.1) is 63.7 Å². The van der Waals surface area contributed by atoms with Gasteiger partial charge in [-0.1, -0.05) is 72.8 Å². The van der Waals surface area contributed by atoms with Crippen molar-refractivity contribution < 1.29 is 60.2 Å². The first-order valence-corrected chi connectivity index (χ1v) is 33.9. The molecule has 1 aliphatic carbocycles. The van der Waals surface area contributed by atoms with Crippen molar-refractivity contribution in [3.05, 3.63) is 346 Å². The maximum absolute atomic E-state index is 12.8. The van der Waals surface area contributed by atoms with Gasteiger partial charge in [-0.15, -0.1) is 30.7 Å². The zero-order chi connectivity index (χ0) is 80.4. The van der Waals surface area contributed by atoms with Crippen LogP contribution in [-0.4, -0.2) is 60.2 Å². The first kappa shape index (κ1) is 75.7. The number of phenols is 6. The lowest BCUT2D eigenvalue weighted by Crippen LogP contribution is -2.01. The summed E-state index contributed by atoms with van der Waals surface area (Å²) >= 11 is 0. The van der Waals surface area contributed by atoms with Crippen LogP contribution in [0, 0.1) is 60.7 Å². The third-order valence-corrected chi connectivity index (χ3v) is 17.9. The number of fused-ring (bicyclic) bond motifs is 12. The van der Waals surface area contributed by atoms with Gasteiger partial charge in [0.1, 0.15) is 34.5 Å². The number of hydrogen-bond acceptors (Lipinski definition) is 30. The summed E-state index contributed by atoms with van der Waals surface area (Å²) in [5.41, 5.74) is -5.09. The van der Waals surface area contributed by atoms with Crippen LogP contribution in [-0.2, 0) is 38.5 Å². The van der Waals surface area contributed by atoms with Crippen molar-refractivity contribution in [1.29, 1.82) is 0 Å². The lowest BCUT2D eigenvalue weighted by Gasteiger charge is -2.18. The first-order valence-electron chi connectivity index (χ1n) is 33.9. The highest BCUT2D eigenvalue weighted by atomic mass is 16.6. The third kappa shape index (κ3) is 17.0. The molecule has 13 rings (SSSR count). The molecule has 0 heterocycles. The molecule has 12 aromatic rings. The molecule has 0 aliphatic heterocycles. The minimum atomic E-state index is -0.684. The zero-order valence-corrected chi connectivity index (χ0v) is 58.7. The molecule has 0 fully saturated rings. The van der Waals surface area contributed by atoms with E-state index in [4.69, 9.17) is 0 Å². The second kappa shape index (κ2) is 32.9. The van der Waals surface area contributed by atoms with E-state index < -0.39 is 137 Å². The SMILES string of the molecule is O=[N+]([O-])c1ccccc1N=Nc1cc2c(O)c(c1)Cc1cc(N=Nc3ccccc3[N+](=O)[O-])cc(c1O)Cc1cc(N=Nc3ccccc3[N+](=O)[O-])cc(c1O)Cc1cc(N=Nc3ccccc3[N+](=O)[O-])cc(c1O)Cc1cc(N=Nc3ccccc3[N+](=O)[O-])cc(c1O)Cc1cc(N=Nc3ccccc3[N+](=O)[O-])cc(c1O)C2. The summed E-state index contributed by atoms with van der Waals surface area (Å²) in [6.45, 7) is 0. The van der Waals surface area contributed by atoms with Crippen LogP contribution in [0.3, 0.4) is 0 Å². The molecular weight excluding hydrogens is 1480 g/mol. The van der Waals surface area contributed by atoms with Crippen LogP contribution in [0.25, 0.3) is 0 Å². The average molecular weight is 1530 g/mol. The quantitative estimate of drug-likeness (QED) is 0.0264. The van der Waals surface area contributed by atoms with Gasteiger partial charge in [-0.2, -0.15) is 30.7 Å². The number of hydrogen-bond donors (Lipinski definition) is 6. The summed E-state index contributed by atoms with van der Waals surface area (Å²) in [5.74, 6) is -3.14. The Morgan fingerprint density at radius 2 is 0.307 bits per heavy atom. The molecule has 1 aliphatic rings. The molecule has 0 radical (unpaired) electrons. The van der Waals surface area contributed by atoms with Crippen molar-refractivity contribution >= 4 is 102 Å². The molecule has 0 saturated carbocycles. The van der Waals surface area contributed by atoms with Crippen molar-refractivity contribution in [3.8, 4) is 34.5 Å². The van der Waals surface area contributed by atoms with Crippen molar-refractivity contribution in [2.75, 3.05) is 0 Å². The topological polar surface area (TPSA) is 529 Å². The Morgan fingerprint density at radius 3 is 0.421 bits per heavy atom. The Labute approximate surface area is 640 Å². The van der Waals surface area contributed by atoms with E-state index in [1.54, 1.807) is 0 Å². The predicted octanol–water partition coefficient (Wildman–Crippen LogP) is 21.7. The Balaban J connectivity index is 1.09. The highest BCUT2D eigenvalue weighted by Crippen LogP contribution is 2.47. The summed E-state index contributed by atoms with van der Waals surface area (Å²) in [6, 6.07) is 48.4. The van der Waals surface area contributed by atoms with Gasteiger partial charge >= 0.3 is 0 Å². The summed E-state index contributed by atoms with van der Waals surface area (Å²) < 4.78 is 0. The van der Waals surface area contributed by atoms with Gasteiger partial charge in [-0.3, -0.25) is 60.7 Å². The monoisotopic (exact) mass is 1530 g/mol. The van der Waals surface area contributed by atoms with Gasteiger partial charge in [0, 0.05) is 142 Å². The number of phenolic OH excluding ortho intramolecular Hbond substituents is 6. The number of nitro benzene ring substituents is 6. The molecule has 564 valence electrons. The number of nitro groups is 6. The molecule has 0 atom stereocenters. The van der Waals surface area contributed by atoms with E-state index in [2.05, 4.69) is 61.4 Å². The Morgan fingerprint density at radius 1 is 0.193 bits per heavy atom. The van der Waals surface area contributed by atoms with E-state index in [1.165, 1.54) is 218 Å². The molecule has 0 saturated heterocycles. The van der Waals surface area contributed by atoms with Gasteiger partial charge in [0.2, 0.25) is 0 Å². The number of nitrogens with zero attached hydrogens (tertiary/aromatic N) is 18. The Bertz CT molecular complexity index is 5080. The van der Waals surface area contributed by atoms with Gasteiger partial charge in [-0.25, -0.2) is 0 Å². The standard InChI is InChI=1S/C78H54N18O18/c97-73-43-25-45-33-56(80-86-62-14-2-8-20-68(62)92(105)106)35-47(74(45)98)27-49-37-58(82-88-64-16-4-10-22-70(64)94(109)110)39-51(76(49)100)29-53-41-60(84-90-66-18-6-12-24-72(66)96(113)114)42-54(78(53)102)30-52-40-59(83-89-65-17-5-11-23-71(65)95(111)112)38-50(77(52)101)28-48-36-57(81-87-63-15-3-9-21-69(63)93(107)108)34-46(75(48)99)26-44(73)32-55(31-43)79-85-61-13-1-7-19-67(61)91(103)104/h1-24,31-42,97-102H,25-30H2. The maximum Gasteiger partial charge on any atom is 0.296 e. The van der Waals surface area contributed by atoms with Crippen molar-refractivity contribution in [3.63, 3.8) is 0 Å². The van der Waals surface area contributed by atoms with E-state index in [-0.39, 0.29) is 135 Å². The van der Waals surface area contributed by atoms with E-state index in [9.17, 15) is 91.3 Å². The van der Waals surface area contributed by atoms with Crippen molar-refractivity contribution in [1.82, 2.24) is 0 Å². The highest BCUT2D eigenvalue weighted by molar-refractivity contribution is 5.69. The number of rotatable bonds is 18. The number of benzene rings is 12. The number of para-hydroxylation sites is 6. The summed E-state index contributed by atoms with van der Waals surface area (Å²) in [5, 5.41) is 202. The van der Waals surface area contributed by atoms with Crippen molar-refractivity contribution in [2.24, 2.45) is 61.4 Å². The van der Waals surface area contributed by atoms with Crippen LogP contribution in [0.15, 0.2) is 280 Å². The van der Waals surface area contributed by atoms with E-state index >= 15 is 0 Å². The Hall–Kier alpha value is -16.6. The Kier molecular flexibility index (Phi) is 21.8. The molecule has 0 aromatic heterocycles. The summed E-state index contributed by atoms with van der Waals surface area (Å²) in [4.78, 5) is 69.6. The average Bonchev–Trinajstić information content (AvgIpc) is 0.784. The fourth-order valence-corrected chi connectivity index (χ4v) is 12.5.